The van der Waals surface area contributed by atoms with Gasteiger partial charge in [0.2, 0.25) is 5.91 Å². The molecular weight excluding hydrogens is 554 g/mol. The van der Waals surface area contributed by atoms with E-state index in [0.717, 1.165) is 11.1 Å². The van der Waals surface area contributed by atoms with Gasteiger partial charge in [-0.25, -0.2) is 4.98 Å². The van der Waals surface area contributed by atoms with Crippen LogP contribution in [0.5, 0.6) is 28.7 Å². The summed E-state index contributed by atoms with van der Waals surface area (Å²) in [5.74, 6) is 0.914. The first-order chi connectivity index (χ1) is 17.6. The van der Waals surface area contributed by atoms with E-state index in [0.29, 0.717) is 33.8 Å². The van der Waals surface area contributed by atoms with Crippen LogP contribution in [0, 0.1) is 0 Å². The SMILES string of the molecule is COc1ccc2c(c1)O[C@@H](c1ccc(Br)nc1)C[C@H]2NC(=O)C1(C)COc2cc3c(cc21)OC(F)(F)O3. The van der Waals surface area contributed by atoms with E-state index >= 15 is 0 Å². The number of halogens is 3. The minimum absolute atomic E-state index is 0.0339. The number of nitrogens with one attached hydrogen (secondary N) is 1. The van der Waals surface area contributed by atoms with Crippen molar-refractivity contribution >= 4 is 21.8 Å². The summed E-state index contributed by atoms with van der Waals surface area (Å²) in [6.45, 7) is 1.74. The largest absolute Gasteiger partial charge is 0.586 e. The molecule has 6 rings (SSSR count). The monoisotopic (exact) mass is 574 g/mol. The number of aromatic nitrogens is 1. The summed E-state index contributed by atoms with van der Waals surface area (Å²) >= 11 is 3.34. The maximum absolute atomic E-state index is 13.8. The van der Waals surface area contributed by atoms with Crippen molar-refractivity contribution in [1.29, 1.82) is 0 Å². The maximum atomic E-state index is 13.8. The molecule has 0 fully saturated rings. The molecule has 1 N–H and O–H groups in total. The molecule has 4 heterocycles. The highest BCUT2D eigenvalue weighted by Crippen LogP contribution is 2.50. The zero-order valence-electron chi connectivity index (χ0n) is 19.7. The number of benzene rings is 2. The third-order valence-electron chi connectivity index (χ3n) is 6.86. The Hall–Kier alpha value is -3.60. The number of alkyl halides is 2. The van der Waals surface area contributed by atoms with E-state index in [9.17, 15) is 13.6 Å². The molecule has 0 bridgehead atoms. The fraction of sp³-hybridized carbons (Fsp3) is 0.308. The van der Waals surface area contributed by atoms with Gasteiger partial charge in [-0.3, -0.25) is 4.79 Å². The average molecular weight is 575 g/mol. The van der Waals surface area contributed by atoms with Gasteiger partial charge in [-0.05, 0) is 47.1 Å². The Morgan fingerprint density at radius 1 is 1.11 bits per heavy atom. The van der Waals surface area contributed by atoms with Gasteiger partial charge in [0.05, 0.1) is 13.2 Å². The van der Waals surface area contributed by atoms with Gasteiger partial charge in [-0.15, -0.1) is 8.78 Å². The molecule has 1 unspecified atom stereocenters. The first-order valence-corrected chi connectivity index (χ1v) is 12.3. The fourth-order valence-corrected chi connectivity index (χ4v) is 5.06. The molecule has 0 spiro atoms. The van der Waals surface area contributed by atoms with Crippen LogP contribution in [0.15, 0.2) is 53.3 Å². The number of hydrogen-bond acceptors (Lipinski definition) is 7. The second kappa shape index (κ2) is 8.47. The molecule has 0 saturated heterocycles. The van der Waals surface area contributed by atoms with Crippen molar-refractivity contribution in [3.63, 3.8) is 0 Å². The highest BCUT2D eigenvalue weighted by molar-refractivity contribution is 9.10. The van der Waals surface area contributed by atoms with Crippen molar-refractivity contribution in [3.05, 3.63) is 70.0 Å². The molecule has 8 nitrogen and oxygen atoms in total. The second-order valence-electron chi connectivity index (χ2n) is 9.27. The molecule has 1 amide bonds. The Morgan fingerprint density at radius 2 is 1.89 bits per heavy atom. The lowest BCUT2D eigenvalue weighted by atomic mass is 9.82. The zero-order valence-corrected chi connectivity index (χ0v) is 21.3. The molecule has 3 aliphatic rings. The average Bonchev–Trinajstić information content (AvgIpc) is 3.37. The lowest BCUT2D eigenvalue weighted by Crippen LogP contribution is -2.46. The quantitative estimate of drug-likeness (QED) is 0.428. The van der Waals surface area contributed by atoms with Crippen LogP contribution in [0.1, 0.15) is 42.2 Å². The van der Waals surface area contributed by atoms with Crippen molar-refractivity contribution in [2.24, 2.45) is 0 Å². The second-order valence-corrected chi connectivity index (χ2v) is 10.1. The molecule has 0 saturated carbocycles. The van der Waals surface area contributed by atoms with Crippen LogP contribution in [0.25, 0.3) is 0 Å². The molecule has 1 aromatic heterocycles. The molecule has 3 atom stereocenters. The van der Waals surface area contributed by atoms with Gasteiger partial charge in [0.15, 0.2) is 11.5 Å². The number of methoxy groups -OCH3 is 1. The van der Waals surface area contributed by atoms with Gasteiger partial charge in [-0.2, -0.15) is 0 Å². The predicted molar refractivity (Wildman–Crippen MR) is 129 cm³/mol. The Kier molecular flexibility index (Phi) is 5.45. The third kappa shape index (κ3) is 4.11. The van der Waals surface area contributed by atoms with Crippen LogP contribution in [-0.2, 0) is 10.2 Å². The van der Waals surface area contributed by atoms with Crippen LogP contribution in [-0.4, -0.2) is 30.9 Å². The summed E-state index contributed by atoms with van der Waals surface area (Å²) in [6, 6.07) is 11.5. The van der Waals surface area contributed by atoms with Crippen LogP contribution < -0.4 is 29.0 Å². The first kappa shape index (κ1) is 23.8. The Bertz CT molecular complexity index is 1400. The van der Waals surface area contributed by atoms with Crippen molar-refractivity contribution < 1.29 is 37.3 Å². The number of hydrogen-bond donors (Lipinski definition) is 1. The lowest BCUT2D eigenvalue weighted by molar-refractivity contribution is -0.286. The number of carbonyl (C=O) groups excluding carboxylic acids is 1. The normalized spacial score (nSPS) is 24.4. The number of amides is 1. The standard InChI is InChI=1S/C26H21BrF2N2O6/c1-25(12-34-20-10-22-21(8-16(20)25)36-26(28,29)37-22)24(32)31-17-9-18(13-3-6-23(27)30-11-13)35-19-7-14(33-2)4-5-15(17)19/h3-8,10-11,17-18H,9,12H2,1-2H3,(H,31,32)/t17-,18-,25?/m1/s1. The van der Waals surface area contributed by atoms with E-state index in [-0.39, 0.29) is 30.1 Å². The molecule has 0 radical (unpaired) electrons. The summed E-state index contributed by atoms with van der Waals surface area (Å²) in [6.07, 6.45) is -1.97. The van der Waals surface area contributed by atoms with Crippen LogP contribution in [0.2, 0.25) is 0 Å². The zero-order chi connectivity index (χ0) is 25.9. The summed E-state index contributed by atoms with van der Waals surface area (Å²) in [5.41, 5.74) is 0.945. The van der Waals surface area contributed by atoms with E-state index in [1.165, 1.54) is 12.1 Å². The van der Waals surface area contributed by atoms with E-state index in [4.69, 9.17) is 14.2 Å². The minimum Gasteiger partial charge on any atom is -0.497 e. The summed E-state index contributed by atoms with van der Waals surface area (Å²) in [5, 5.41) is 3.14. The Morgan fingerprint density at radius 3 is 2.62 bits per heavy atom. The summed E-state index contributed by atoms with van der Waals surface area (Å²) < 4.78 is 54.4. The van der Waals surface area contributed by atoms with Crippen LogP contribution in [0.4, 0.5) is 8.78 Å². The molecule has 0 aliphatic carbocycles. The van der Waals surface area contributed by atoms with Gasteiger partial charge in [0.1, 0.15) is 40.0 Å². The van der Waals surface area contributed by atoms with Crippen molar-refractivity contribution in [2.75, 3.05) is 13.7 Å². The molecule has 3 aromatic rings. The number of carbonyl (C=O) groups is 1. The number of pyridine rings is 1. The van der Waals surface area contributed by atoms with Crippen LogP contribution in [0.3, 0.4) is 0 Å². The van der Waals surface area contributed by atoms with Crippen LogP contribution >= 0.6 is 15.9 Å². The van der Waals surface area contributed by atoms with E-state index in [1.54, 1.807) is 32.4 Å². The third-order valence-corrected chi connectivity index (χ3v) is 7.33. The van der Waals surface area contributed by atoms with Crippen molar-refractivity contribution in [2.45, 2.75) is 37.2 Å². The highest BCUT2D eigenvalue weighted by Gasteiger charge is 2.49. The maximum Gasteiger partial charge on any atom is 0.586 e. The van der Waals surface area contributed by atoms with Gasteiger partial charge in [-0.1, -0.05) is 6.07 Å². The summed E-state index contributed by atoms with van der Waals surface area (Å²) in [7, 11) is 1.57. The molecular formula is C26H21BrF2N2O6. The fourth-order valence-electron chi connectivity index (χ4n) is 4.83. The molecule has 2 aromatic carbocycles. The number of fused-ring (bicyclic) bond motifs is 3. The topological polar surface area (TPSA) is 88.1 Å². The first-order valence-electron chi connectivity index (χ1n) is 11.5. The van der Waals surface area contributed by atoms with Gasteiger partial charge in [0, 0.05) is 41.4 Å². The van der Waals surface area contributed by atoms with Crippen molar-refractivity contribution in [1.82, 2.24) is 10.3 Å². The summed E-state index contributed by atoms with van der Waals surface area (Å²) in [4.78, 5) is 18.1. The predicted octanol–water partition coefficient (Wildman–Crippen LogP) is 5.21. The number of rotatable bonds is 4. The molecule has 11 heteroatoms. The lowest BCUT2D eigenvalue weighted by Gasteiger charge is -2.34. The molecule has 192 valence electrons. The smallest absolute Gasteiger partial charge is 0.497 e. The number of nitrogens with zero attached hydrogens (tertiary/aromatic N) is 1. The minimum atomic E-state index is -3.76. The van der Waals surface area contributed by atoms with E-state index in [2.05, 4.69) is 35.7 Å². The molecule has 3 aliphatic heterocycles. The molecule has 37 heavy (non-hydrogen) atoms. The van der Waals surface area contributed by atoms with Gasteiger partial charge in [0.25, 0.3) is 0 Å². The van der Waals surface area contributed by atoms with Gasteiger partial charge < -0.3 is 29.0 Å². The van der Waals surface area contributed by atoms with Crippen molar-refractivity contribution in [3.8, 4) is 28.7 Å². The Balaban J connectivity index is 1.31. The highest BCUT2D eigenvalue weighted by atomic mass is 79.9. The van der Waals surface area contributed by atoms with Gasteiger partial charge >= 0.3 is 6.29 Å². The Labute approximate surface area is 219 Å². The number of ether oxygens (including phenoxy) is 5. The van der Waals surface area contributed by atoms with E-state index in [1.807, 2.05) is 18.2 Å². The van der Waals surface area contributed by atoms with E-state index < -0.39 is 17.8 Å².